The third kappa shape index (κ3) is 3.11. The van der Waals surface area contributed by atoms with Crippen LogP contribution in [0.1, 0.15) is 51.3 Å². The summed E-state index contributed by atoms with van der Waals surface area (Å²) in [4.78, 5) is 0. The van der Waals surface area contributed by atoms with Crippen LogP contribution in [0.15, 0.2) is 12.1 Å². The smallest absolute Gasteiger partial charge is 0.130 e. The van der Waals surface area contributed by atoms with Gasteiger partial charge in [-0.25, -0.2) is 8.78 Å². The van der Waals surface area contributed by atoms with Crippen molar-refractivity contribution in [3.05, 3.63) is 34.9 Å². The Hall–Kier alpha value is -1.00. The van der Waals surface area contributed by atoms with Gasteiger partial charge in [0, 0.05) is 23.6 Å². The molecule has 1 saturated heterocycles. The fourth-order valence-corrected chi connectivity index (χ4v) is 3.62. The molecule has 0 saturated carbocycles. The first kappa shape index (κ1) is 16.4. The van der Waals surface area contributed by atoms with E-state index in [4.69, 9.17) is 4.74 Å². The molecular formula is C17H25F2NO. The molecular weight excluding hydrogens is 272 g/mol. The van der Waals surface area contributed by atoms with Gasteiger partial charge in [-0.2, -0.15) is 0 Å². The first-order chi connectivity index (χ1) is 9.57. The van der Waals surface area contributed by atoms with E-state index >= 15 is 0 Å². The molecule has 118 valence electrons. The Morgan fingerprint density at radius 3 is 2.29 bits per heavy atom. The molecule has 0 aromatic heterocycles. The number of hydrogen-bond acceptors (Lipinski definition) is 2. The van der Waals surface area contributed by atoms with Crippen LogP contribution in [0.3, 0.4) is 0 Å². The van der Waals surface area contributed by atoms with E-state index in [0.717, 1.165) is 12.5 Å². The zero-order chi connectivity index (χ0) is 16.0. The van der Waals surface area contributed by atoms with E-state index in [1.165, 1.54) is 0 Å². The molecule has 1 aromatic rings. The molecule has 0 aliphatic carbocycles. The lowest BCUT2D eigenvalue weighted by Gasteiger charge is -2.33. The average molecular weight is 297 g/mol. The Balaban J connectivity index is 2.43. The Bertz CT molecular complexity index is 540. The summed E-state index contributed by atoms with van der Waals surface area (Å²) in [6, 6.07) is 2.37. The second-order valence-corrected chi connectivity index (χ2v) is 7.17. The largest absolute Gasteiger partial charge is 0.369 e. The summed E-state index contributed by atoms with van der Waals surface area (Å²) in [7, 11) is 1.81. The van der Waals surface area contributed by atoms with Crippen molar-refractivity contribution in [3.8, 4) is 0 Å². The van der Waals surface area contributed by atoms with E-state index in [0.29, 0.717) is 11.1 Å². The van der Waals surface area contributed by atoms with Gasteiger partial charge in [-0.3, -0.25) is 0 Å². The molecule has 1 aliphatic rings. The summed E-state index contributed by atoms with van der Waals surface area (Å²) in [6.45, 7) is 9.82. The van der Waals surface area contributed by atoms with E-state index in [2.05, 4.69) is 5.32 Å². The van der Waals surface area contributed by atoms with Gasteiger partial charge in [-0.1, -0.05) is 0 Å². The van der Waals surface area contributed by atoms with E-state index < -0.39 is 11.6 Å². The number of halogens is 2. The first-order valence-corrected chi connectivity index (χ1v) is 7.40. The number of ether oxygens (including phenoxy) is 1. The van der Waals surface area contributed by atoms with Crippen molar-refractivity contribution in [2.45, 2.75) is 58.3 Å². The molecule has 0 bridgehead atoms. The van der Waals surface area contributed by atoms with Crippen molar-refractivity contribution >= 4 is 0 Å². The minimum atomic E-state index is -0.506. The summed E-state index contributed by atoms with van der Waals surface area (Å²) in [5.41, 5.74) is 0.360. The van der Waals surface area contributed by atoms with Crippen LogP contribution in [0.2, 0.25) is 0 Å². The molecule has 1 fully saturated rings. The van der Waals surface area contributed by atoms with Gasteiger partial charge >= 0.3 is 0 Å². The zero-order valence-electron chi connectivity index (χ0n) is 13.7. The first-order valence-electron chi connectivity index (χ1n) is 7.40. The predicted octanol–water partition coefficient (Wildman–Crippen LogP) is 4.13. The van der Waals surface area contributed by atoms with Gasteiger partial charge in [0.2, 0.25) is 0 Å². The molecule has 0 amide bonds. The van der Waals surface area contributed by atoms with E-state index in [1.807, 2.05) is 34.7 Å². The van der Waals surface area contributed by atoms with Gasteiger partial charge < -0.3 is 10.1 Å². The normalized spacial score (nSPS) is 25.0. The number of benzene rings is 1. The van der Waals surface area contributed by atoms with Crippen LogP contribution in [0, 0.1) is 24.5 Å². The van der Waals surface area contributed by atoms with Crippen LogP contribution in [0.25, 0.3) is 0 Å². The van der Waals surface area contributed by atoms with Gasteiger partial charge in [0.1, 0.15) is 11.6 Å². The van der Waals surface area contributed by atoms with E-state index in [-0.39, 0.29) is 23.2 Å². The molecule has 0 radical (unpaired) electrons. The number of nitrogens with one attached hydrogen (secondary N) is 1. The third-order valence-electron chi connectivity index (χ3n) is 4.47. The lowest BCUT2D eigenvalue weighted by molar-refractivity contribution is -0.0777. The average Bonchev–Trinajstić information content (AvgIpc) is 2.55. The Morgan fingerprint density at radius 1 is 1.19 bits per heavy atom. The van der Waals surface area contributed by atoms with Crippen molar-refractivity contribution in [2.24, 2.45) is 5.92 Å². The fourth-order valence-electron chi connectivity index (χ4n) is 3.62. The summed E-state index contributed by atoms with van der Waals surface area (Å²) >= 11 is 0. The number of hydrogen-bond donors (Lipinski definition) is 1. The molecule has 2 rings (SSSR count). The lowest BCUT2D eigenvalue weighted by Crippen LogP contribution is -2.37. The minimum absolute atomic E-state index is 0.108. The van der Waals surface area contributed by atoms with Gasteiger partial charge in [0.15, 0.2) is 0 Å². The van der Waals surface area contributed by atoms with Gasteiger partial charge in [-0.05, 0) is 59.7 Å². The van der Waals surface area contributed by atoms with Gasteiger partial charge in [0.25, 0.3) is 0 Å². The van der Waals surface area contributed by atoms with Crippen molar-refractivity contribution in [2.75, 3.05) is 7.05 Å². The SMILES string of the molecule is CNC(c1cc(C)c(F)cc1F)C1CC(C)(C)OC1(C)C. The Kier molecular flexibility index (Phi) is 4.15. The minimum Gasteiger partial charge on any atom is -0.369 e. The second-order valence-electron chi connectivity index (χ2n) is 7.17. The highest BCUT2D eigenvalue weighted by atomic mass is 19.1. The molecule has 1 N–H and O–H groups in total. The molecule has 1 aliphatic heterocycles. The van der Waals surface area contributed by atoms with Crippen LogP contribution in [-0.4, -0.2) is 18.2 Å². The maximum atomic E-state index is 14.2. The summed E-state index contributed by atoms with van der Waals surface area (Å²) in [5.74, 6) is -0.900. The highest BCUT2D eigenvalue weighted by molar-refractivity contribution is 5.29. The highest BCUT2D eigenvalue weighted by Gasteiger charge is 2.49. The molecule has 0 spiro atoms. The Labute approximate surface area is 125 Å². The predicted molar refractivity (Wildman–Crippen MR) is 80.2 cm³/mol. The fraction of sp³-hybridized carbons (Fsp3) is 0.647. The quantitative estimate of drug-likeness (QED) is 0.906. The van der Waals surface area contributed by atoms with Crippen molar-refractivity contribution < 1.29 is 13.5 Å². The monoisotopic (exact) mass is 297 g/mol. The maximum absolute atomic E-state index is 14.2. The van der Waals surface area contributed by atoms with Gasteiger partial charge in [0.05, 0.1) is 11.2 Å². The van der Waals surface area contributed by atoms with Crippen LogP contribution < -0.4 is 5.32 Å². The third-order valence-corrected chi connectivity index (χ3v) is 4.47. The second kappa shape index (κ2) is 5.33. The van der Waals surface area contributed by atoms with Crippen LogP contribution >= 0.6 is 0 Å². The lowest BCUT2D eigenvalue weighted by atomic mass is 9.78. The van der Waals surface area contributed by atoms with Gasteiger partial charge in [-0.15, -0.1) is 0 Å². The zero-order valence-corrected chi connectivity index (χ0v) is 13.7. The molecule has 2 unspecified atom stereocenters. The highest BCUT2D eigenvalue weighted by Crippen LogP contribution is 2.48. The summed E-state index contributed by atoms with van der Waals surface area (Å²) in [5, 5.41) is 3.20. The van der Waals surface area contributed by atoms with Crippen molar-refractivity contribution in [1.29, 1.82) is 0 Å². The molecule has 1 heterocycles. The van der Waals surface area contributed by atoms with Crippen molar-refractivity contribution in [1.82, 2.24) is 5.32 Å². The van der Waals surface area contributed by atoms with E-state index in [9.17, 15) is 8.78 Å². The molecule has 4 heteroatoms. The topological polar surface area (TPSA) is 21.3 Å². The standard InChI is InChI=1S/C17H25F2NO/c1-10-7-11(14(19)8-13(10)18)15(20-6)12-9-16(2,3)21-17(12,4)5/h7-8,12,15,20H,9H2,1-6H3. The molecule has 1 aromatic carbocycles. The van der Waals surface area contributed by atoms with E-state index in [1.54, 1.807) is 13.0 Å². The van der Waals surface area contributed by atoms with Crippen LogP contribution in [0.4, 0.5) is 8.78 Å². The maximum Gasteiger partial charge on any atom is 0.130 e. The summed E-state index contributed by atoms with van der Waals surface area (Å²) < 4.78 is 33.8. The van der Waals surface area contributed by atoms with Crippen molar-refractivity contribution in [3.63, 3.8) is 0 Å². The molecule has 21 heavy (non-hydrogen) atoms. The number of rotatable bonds is 3. The number of aryl methyl sites for hydroxylation is 1. The van der Waals surface area contributed by atoms with Crippen LogP contribution in [-0.2, 0) is 4.74 Å². The van der Waals surface area contributed by atoms with Crippen LogP contribution in [0.5, 0.6) is 0 Å². The molecule has 2 nitrogen and oxygen atoms in total. The molecule has 2 atom stereocenters. The Morgan fingerprint density at radius 2 is 1.81 bits per heavy atom. The summed E-state index contributed by atoms with van der Waals surface area (Å²) in [6.07, 6.45) is 0.821.